The second-order valence-electron chi connectivity index (χ2n) is 13.2. The molecule has 1 saturated heterocycles. The molecule has 4 aliphatic carbocycles. The van der Waals surface area contributed by atoms with Crippen LogP contribution in [0.15, 0.2) is 11.6 Å². The first-order chi connectivity index (χ1) is 17.7. The van der Waals surface area contributed by atoms with Gasteiger partial charge < -0.3 is 29.5 Å². The molecule has 0 spiro atoms. The van der Waals surface area contributed by atoms with Gasteiger partial charge in [0, 0.05) is 30.3 Å². The quantitative estimate of drug-likeness (QED) is 0.465. The molecule has 4 fully saturated rings. The summed E-state index contributed by atoms with van der Waals surface area (Å²) >= 11 is 0. The van der Waals surface area contributed by atoms with E-state index in [0.717, 1.165) is 19.3 Å². The van der Waals surface area contributed by atoms with E-state index in [1.165, 1.54) is 6.92 Å². The van der Waals surface area contributed by atoms with E-state index < -0.39 is 76.0 Å². The lowest BCUT2D eigenvalue weighted by molar-refractivity contribution is -0.354. The van der Waals surface area contributed by atoms with Crippen LogP contribution in [0.25, 0.3) is 0 Å². The van der Waals surface area contributed by atoms with Crippen molar-refractivity contribution in [3.63, 3.8) is 0 Å². The van der Waals surface area contributed by atoms with Gasteiger partial charge >= 0.3 is 11.9 Å². The standard InChI is InChI=1S/C29H42O9/c1-15-11-12-29(35)24(37-25(34)17-9-7-6-8-10-17)22-27(5,23(33)21(32)20(15)26(29,3)4)18(31)13-19-28(22,14-36-19)38-16(2)30/h9,15,18-22,24,31-32,35H,6-8,10-14H2,1-5H3/t15?,18-,19+,20?,21+,22-,24-,27+,28-,29+/m0/s1. The van der Waals surface area contributed by atoms with Gasteiger partial charge in [-0.2, -0.15) is 0 Å². The number of Topliss-reactive ketones (excluding diaryl/α,β-unsaturated/α-hetero) is 1. The van der Waals surface area contributed by atoms with Gasteiger partial charge in [-0.1, -0.05) is 26.8 Å². The number of rotatable bonds is 3. The molecular formula is C29H42O9. The van der Waals surface area contributed by atoms with E-state index in [-0.39, 0.29) is 25.4 Å². The number of aliphatic hydroxyl groups is 3. The van der Waals surface area contributed by atoms with Crippen LogP contribution in [0, 0.1) is 28.6 Å². The molecule has 1 heterocycles. The fourth-order valence-corrected chi connectivity index (χ4v) is 8.70. The summed E-state index contributed by atoms with van der Waals surface area (Å²) in [5, 5.41) is 35.8. The summed E-state index contributed by atoms with van der Waals surface area (Å²) in [4.78, 5) is 40.4. The van der Waals surface area contributed by atoms with Gasteiger partial charge in [-0.25, -0.2) is 4.79 Å². The van der Waals surface area contributed by atoms with E-state index >= 15 is 0 Å². The predicted molar refractivity (Wildman–Crippen MR) is 135 cm³/mol. The lowest BCUT2D eigenvalue weighted by Crippen LogP contribution is -2.82. The molecule has 2 bridgehead atoms. The molecule has 2 unspecified atom stereocenters. The maximum atomic E-state index is 14.3. The predicted octanol–water partition coefficient (Wildman–Crippen LogP) is 2.23. The Hall–Kier alpha value is -1.81. The van der Waals surface area contributed by atoms with Crippen molar-refractivity contribution in [3.8, 4) is 0 Å². The maximum absolute atomic E-state index is 14.3. The van der Waals surface area contributed by atoms with Crippen molar-refractivity contribution >= 4 is 17.7 Å². The Balaban J connectivity index is 1.75. The van der Waals surface area contributed by atoms with E-state index in [2.05, 4.69) is 0 Å². The van der Waals surface area contributed by atoms with Crippen molar-refractivity contribution in [3.05, 3.63) is 11.6 Å². The average Bonchev–Trinajstić information content (AvgIpc) is 2.85. The number of aliphatic hydroxyl groups excluding tert-OH is 2. The van der Waals surface area contributed by atoms with E-state index in [1.54, 1.807) is 20.8 Å². The molecule has 10 atom stereocenters. The molecule has 5 aliphatic rings. The topological polar surface area (TPSA) is 140 Å². The summed E-state index contributed by atoms with van der Waals surface area (Å²) in [6.07, 6.45) is 0.940. The van der Waals surface area contributed by atoms with Gasteiger partial charge in [0.25, 0.3) is 0 Å². The van der Waals surface area contributed by atoms with Crippen molar-refractivity contribution in [2.75, 3.05) is 6.61 Å². The van der Waals surface area contributed by atoms with Crippen molar-refractivity contribution in [2.24, 2.45) is 28.6 Å². The number of ether oxygens (including phenoxy) is 3. The fraction of sp³-hybridized carbons (Fsp3) is 0.828. The molecule has 3 saturated carbocycles. The lowest BCUT2D eigenvalue weighted by atomic mass is 9.42. The highest BCUT2D eigenvalue weighted by Crippen LogP contribution is 2.64. The zero-order chi connectivity index (χ0) is 27.8. The number of hydrogen-bond donors (Lipinski definition) is 3. The number of esters is 2. The van der Waals surface area contributed by atoms with E-state index in [1.807, 2.05) is 13.0 Å². The van der Waals surface area contributed by atoms with Crippen molar-refractivity contribution in [2.45, 2.75) is 115 Å². The Morgan fingerprint density at radius 3 is 2.45 bits per heavy atom. The highest BCUT2D eigenvalue weighted by molar-refractivity contribution is 5.91. The Bertz CT molecular complexity index is 1050. The molecule has 212 valence electrons. The molecule has 38 heavy (non-hydrogen) atoms. The zero-order valence-corrected chi connectivity index (χ0v) is 23.1. The third-order valence-corrected chi connectivity index (χ3v) is 10.9. The third-order valence-electron chi connectivity index (χ3n) is 10.9. The number of carbonyl (C=O) groups excluding carboxylic acids is 3. The highest BCUT2D eigenvalue weighted by atomic mass is 16.6. The van der Waals surface area contributed by atoms with Crippen LogP contribution in [0.4, 0.5) is 0 Å². The SMILES string of the molecule is CC(=O)O[C@@]12CO[C@@H]1C[C@H](O)[C@@]1(C)C(=O)[C@H](O)C3C(C)CC[C@@](O)([C@@H](OC(=O)C4=CCCCC4)[C@H]21)C3(C)C. The second kappa shape index (κ2) is 9.11. The molecule has 1 aliphatic heterocycles. The van der Waals surface area contributed by atoms with Gasteiger partial charge in [0.2, 0.25) is 0 Å². The summed E-state index contributed by atoms with van der Waals surface area (Å²) in [5.41, 5.74) is -5.32. The largest absolute Gasteiger partial charge is 0.455 e. The Morgan fingerprint density at radius 1 is 1.16 bits per heavy atom. The molecule has 0 aromatic rings. The van der Waals surface area contributed by atoms with Crippen LogP contribution >= 0.6 is 0 Å². The molecule has 0 radical (unpaired) electrons. The van der Waals surface area contributed by atoms with Gasteiger partial charge in [0.15, 0.2) is 11.4 Å². The van der Waals surface area contributed by atoms with E-state index in [4.69, 9.17) is 14.2 Å². The van der Waals surface area contributed by atoms with Gasteiger partial charge in [0.05, 0.1) is 24.0 Å². The monoisotopic (exact) mass is 534 g/mol. The Kier molecular flexibility index (Phi) is 6.65. The smallest absolute Gasteiger partial charge is 0.334 e. The molecule has 0 aromatic heterocycles. The number of fused-ring (bicyclic) bond motifs is 5. The molecule has 9 nitrogen and oxygen atoms in total. The molecule has 3 N–H and O–H groups in total. The van der Waals surface area contributed by atoms with Crippen molar-refractivity contribution in [1.82, 2.24) is 0 Å². The van der Waals surface area contributed by atoms with Crippen LogP contribution in [-0.2, 0) is 28.6 Å². The summed E-state index contributed by atoms with van der Waals surface area (Å²) < 4.78 is 18.0. The van der Waals surface area contributed by atoms with Crippen LogP contribution in [0.2, 0.25) is 0 Å². The molecule has 0 aromatic carbocycles. The highest BCUT2D eigenvalue weighted by Gasteiger charge is 2.78. The second-order valence-corrected chi connectivity index (χ2v) is 13.2. The number of hydrogen-bond acceptors (Lipinski definition) is 9. The van der Waals surface area contributed by atoms with Crippen LogP contribution < -0.4 is 0 Å². The first kappa shape index (κ1) is 27.7. The molecular weight excluding hydrogens is 492 g/mol. The minimum absolute atomic E-state index is 0.00655. The maximum Gasteiger partial charge on any atom is 0.334 e. The van der Waals surface area contributed by atoms with Gasteiger partial charge in [-0.15, -0.1) is 0 Å². The van der Waals surface area contributed by atoms with E-state index in [9.17, 15) is 29.7 Å². The third kappa shape index (κ3) is 3.61. The first-order valence-corrected chi connectivity index (χ1v) is 14.1. The summed E-state index contributed by atoms with van der Waals surface area (Å²) in [6, 6.07) is 0. The van der Waals surface area contributed by atoms with Crippen molar-refractivity contribution in [1.29, 1.82) is 0 Å². The molecule has 0 amide bonds. The minimum atomic E-state index is -1.69. The van der Waals surface area contributed by atoms with Crippen LogP contribution in [0.5, 0.6) is 0 Å². The fourth-order valence-electron chi connectivity index (χ4n) is 8.70. The number of allylic oxidation sites excluding steroid dienone is 1. The Morgan fingerprint density at radius 2 is 1.87 bits per heavy atom. The van der Waals surface area contributed by atoms with E-state index in [0.29, 0.717) is 18.4 Å². The van der Waals surface area contributed by atoms with Crippen LogP contribution in [-0.4, -0.2) is 75.3 Å². The number of ketones is 1. The van der Waals surface area contributed by atoms with Gasteiger partial charge in [0.1, 0.15) is 23.9 Å². The average molecular weight is 535 g/mol. The van der Waals surface area contributed by atoms with Crippen molar-refractivity contribution < 1.29 is 43.9 Å². The zero-order valence-electron chi connectivity index (χ0n) is 23.1. The number of carbonyl (C=O) groups is 3. The summed E-state index contributed by atoms with van der Waals surface area (Å²) in [6.45, 7) is 8.30. The van der Waals surface area contributed by atoms with Crippen LogP contribution in [0.3, 0.4) is 0 Å². The molecule has 9 heteroatoms. The first-order valence-electron chi connectivity index (χ1n) is 14.1. The summed E-state index contributed by atoms with van der Waals surface area (Å²) in [7, 11) is 0. The minimum Gasteiger partial charge on any atom is -0.455 e. The summed E-state index contributed by atoms with van der Waals surface area (Å²) in [5.74, 6) is -3.65. The Labute approximate surface area is 223 Å². The lowest BCUT2D eigenvalue weighted by Gasteiger charge is -2.68. The van der Waals surface area contributed by atoms with Gasteiger partial charge in [-0.3, -0.25) is 9.59 Å². The van der Waals surface area contributed by atoms with Crippen LogP contribution in [0.1, 0.15) is 79.6 Å². The normalized spacial score (nSPS) is 47.7. The molecule has 5 rings (SSSR count). The van der Waals surface area contributed by atoms with Gasteiger partial charge in [-0.05, 0) is 51.4 Å².